The van der Waals surface area contributed by atoms with E-state index in [0.29, 0.717) is 0 Å². The van der Waals surface area contributed by atoms with Crippen molar-refractivity contribution in [1.82, 2.24) is 0 Å². The lowest BCUT2D eigenvalue weighted by molar-refractivity contribution is 0.0703. The first-order valence-electron chi connectivity index (χ1n) is 5.30. The smallest absolute Gasteiger partial charge is 0.348 e. The van der Waals surface area contributed by atoms with Crippen LogP contribution < -0.4 is 4.72 Å². The Morgan fingerprint density at radius 3 is 2.68 bits per heavy atom. The Balaban J connectivity index is 2.37. The zero-order chi connectivity index (χ0) is 14.0. The molecule has 1 aromatic heterocycles. The van der Waals surface area contributed by atoms with Crippen LogP contribution in [0.15, 0.2) is 40.6 Å². The summed E-state index contributed by atoms with van der Waals surface area (Å²) in [7, 11) is -3.77. The average Bonchev–Trinajstić information content (AvgIpc) is 2.76. The molecule has 0 spiro atoms. The van der Waals surface area contributed by atoms with Crippen LogP contribution >= 0.6 is 11.3 Å². The number of nitrogens with one attached hydrogen (secondary N) is 1. The molecule has 0 saturated carbocycles. The molecule has 0 radical (unpaired) electrons. The molecule has 0 unspecified atom stereocenters. The van der Waals surface area contributed by atoms with E-state index in [0.717, 1.165) is 16.9 Å². The van der Waals surface area contributed by atoms with Gasteiger partial charge in [-0.1, -0.05) is 12.1 Å². The molecule has 5 nitrogen and oxygen atoms in total. The number of rotatable bonds is 4. The number of sulfonamides is 1. The van der Waals surface area contributed by atoms with Crippen LogP contribution in [0.1, 0.15) is 15.2 Å². The van der Waals surface area contributed by atoms with Gasteiger partial charge in [-0.25, -0.2) is 13.2 Å². The molecular weight excluding hydrogens is 286 g/mol. The Bertz CT molecular complexity index is 719. The Morgan fingerprint density at radius 1 is 1.32 bits per heavy atom. The van der Waals surface area contributed by atoms with Crippen molar-refractivity contribution in [2.75, 3.05) is 4.72 Å². The standard InChI is InChI=1S/C12H11NO4S2/c1-8-3-2-4-9(7-8)19(16,17)13-10-5-6-18-11(10)12(14)15/h2-7,13H,1H3,(H,14,15). The summed E-state index contributed by atoms with van der Waals surface area (Å²) in [4.78, 5) is 11.0. The minimum absolute atomic E-state index is 0.0313. The molecule has 2 rings (SSSR count). The molecule has 0 aliphatic heterocycles. The van der Waals surface area contributed by atoms with Gasteiger partial charge < -0.3 is 5.11 Å². The number of hydrogen-bond acceptors (Lipinski definition) is 4. The normalized spacial score (nSPS) is 11.2. The summed E-state index contributed by atoms with van der Waals surface area (Å²) >= 11 is 0.970. The molecule has 1 heterocycles. The van der Waals surface area contributed by atoms with Gasteiger partial charge in [0.1, 0.15) is 4.88 Å². The number of carbonyl (C=O) groups is 1. The summed E-state index contributed by atoms with van der Waals surface area (Å²) in [6.45, 7) is 1.78. The maximum absolute atomic E-state index is 12.1. The predicted octanol–water partition coefficient (Wildman–Crippen LogP) is 2.56. The molecule has 0 atom stereocenters. The van der Waals surface area contributed by atoms with Gasteiger partial charge in [0.25, 0.3) is 10.0 Å². The minimum Gasteiger partial charge on any atom is -0.477 e. The molecule has 0 saturated heterocycles. The Hall–Kier alpha value is -1.86. The summed E-state index contributed by atoms with van der Waals surface area (Å²) in [5.41, 5.74) is 0.894. The lowest BCUT2D eigenvalue weighted by Crippen LogP contribution is -2.14. The van der Waals surface area contributed by atoms with E-state index in [1.807, 2.05) is 0 Å². The van der Waals surface area contributed by atoms with Crippen molar-refractivity contribution in [3.05, 3.63) is 46.2 Å². The predicted molar refractivity (Wildman–Crippen MR) is 73.3 cm³/mol. The van der Waals surface area contributed by atoms with E-state index in [1.165, 1.54) is 23.6 Å². The van der Waals surface area contributed by atoms with Gasteiger partial charge in [0, 0.05) is 0 Å². The first-order chi connectivity index (χ1) is 8.90. The molecule has 0 fully saturated rings. The van der Waals surface area contributed by atoms with Crippen LogP contribution in [-0.2, 0) is 10.0 Å². The van der Waals surface area contributed by atoms with Gasteiger partial charge in [-0.2, -0.15) is 0 Å². The lowest BCUT2D eigenvalue weighted by Gasteiger charge is -2.08. The maximum Gasteiger partial charge on any atom is 0.348 e. The van der Waals surface area contributed by atoms with Gasteiger partial charge in [-0.05, 0) is 36.1 Å². The number of carboxylic acids is 1. The SMILES string of the molecule is Cc1cccc(S(=O)(=O)Nc2ccsc2C(=O)O)c1. The first kappa shape index (κ1) is 13.6. The molecule has 0 aliphatic rings. The molecule has 2 aromatic rings. The molecule has 7 heteroatoms. The van der Waals surface area contributed by atoms with Crippen LogP contribution in [0.2, 0.25) is 0 Å². The third kappa shape index (κ3) is 2.94. The molecule has 100 valence electrons. The summed E-state index contributed by atoms with van der Waals surface area (Å²) in [6, 6.07) is 7.83. The van der Waals surface area contributed by atoms with Crippen LogP contribution in [0.25, 0.3) is 0 Å². The van der Waals surface area contributed by atoms with Crippen molar-refractivity contribution in [2.24, 2.45) is 0 Å². The number of thiophene rings is 1. The molecule has 0 bridgehead atoms. The Morgan fingerprint density at radius 2 is 2.05 bits per heavy atom. The molecule has 0 aliphatic carbocycles. The zero-order valence-corrected chi connectivity index (χ0v) is 11.6. The molecule has 1 aromatic carbocycles. The summed E-state index contributed by atoms with van der Waals surface area (Å²) in [6.07, 6.45) is 0. The summed E-state index contributed by atoms with van der Waals surface area (Å²) < 4.78 is 26.5. The topological polar surface area (TPSA) is 83.5 Å². The van der Waals surface area contributed by atoms with Crippen molar-refractivity contribution >= 4 is 33.0 Å². The second-order valence-electron chi connectivity index (χ2n) is 3.89. The van der Waals surface area contributed by atoms with Crippen molar-refractivity contribution in [3.63, 3.8) is 0 Å². The third-order valence-corrected chi connectivity index (χ3v) is 4.67. The van der Waals surface area contributed by atoms with Gasteiger partial charge in [0.05, 0.1) is 10.6 Å². The highest BCUT2D eigenvalue weighted by molar-refractivity contribution is 7.92. The number of hydrogen-bond donors (Lipinski definition) is 2. The second kappa shape index (κ2) is 5.02. The lowest BCUT2D eigenvalue weighted by atomic mass is 10.2. The van der Waals surface area contributed by atoms with Crippen LogP contribution in [-0.4, -0.2) is 19.5 Å². The van der Waals surface area contributed by atoms with Crippen molar-refractivity contribution in [2.45, 2.75) is 11.8 Å². The van der Waals surface area contributed by atoms with E-state index in [1.54, 1.807) is 19.1 Å². The highest BCUT2D eigenvalue weighted by Gasteiger charge is 2.19. The van der Waals surface area contributed by atoms with E-state index in [9.17, 15) is 13.2 Å². The van der Waals surface area contributed by atoms with Gasteiger partial charge in [0.15, 0.2) is 0 Å². The van der Waals surface area contributed by atoms with Gasteiger partial charge in [-0.15, -0.1) is 11.3 Å². The monoisotopic (exact) mass is 297 g/mol. The second-order valence-corrected chi connectivity index (χ2v) is 6.49. The van der Waals surface area contributed by atoms with Crippen molar-refractivity contribution in [3.8, 4) is 0 Å². The largest absolute Gasteiger partial charge is 0.477 e. The van der Waals surface area contributed by atoms with Crippen LogP contribution in [0, 0.1) is 6.92 Å². The third-order valence-electron chi connectivity index (χ3n) is 2.40. The van der Waals surface area contributed by atoms with Crippen molar-refractivity contribution in [1.29, 1.82) is 0 Å². The first-order valence-corrected chi connectivity index (χ1v) is 7.67. The van der Waals surface area contributed by atoms with Gasteiger partial charge in [0.2, 0.25) is 0 Å². The molecule has 19 heavy (non-hydrogen) atoms. The zero-order valence-electron chi connectivity index (χ0n) is 9.95. The molecule has 0 amide bonds. The highest BCUT2D eigenvalue weighted by atomic mass is 32.2. The van der Waals surface area contributed by atoms with E-state index in [4.69, 9.17) is 5.11 Å². The van der Waals surface area contributed by atoms with Crippen LogP contribution in [0.4, 0.5) is 5.69 Å². The van der Waals surface area contributed by atoms with Crippen LogP contribution in [0.3, 0.4) is 0 Å². The number of aryl methyl sites for hydroxylation is 1. The number of carboxylic acid groups (broad SMARTS) is 1. The number of benzene rings is 1. The summed E-state index contributed by atoms with van der Waals surface area (Å²) in [5.74, 6) is -1.16. The van der Waals surface area contributed by atoms with E-state index < -0.39 is 16.0 Å². The Labute approximate surface area is 114 Å². The van der Waals surface area contributed by atoms with E-state index in [2.05, 4.69) is 4.72 Å². The van der Waals surface area contributed by atoms with Gasteiger partial charge in [-0.3, -0.25) is 4.72 Å². The summed E-state index contributed by atoms with van der Waals surface area (Å²) in [5, 5.41) is 10.5. The highest BCUT2D eigenvalue weighted by Crippen LogP contribution is 2.25. The molecular formula is C12H11NO4S2. The average molecular weight is 297 g/mol. The van der Waals surface area contributed by atoms with Crippen molar-refractivity contribution < 1.29 is 18.3 Å². The minimum atomic E-state index is -3.77. The van der Waals surface area contributed by atoms with Crippen LogP contribution in [0.5, 0.6) is 0 Å². The molecule has 2 N–H and O–H groups in total. The van der Waals surface area contributed by atoms with Gasteiger partial charge >= 0.3 is 5.97 Å². The fourth-order valence-corrected chi connectivity index (χ4v) is 3.47. The van der Waals surface area contributed by atoms with E-state index in [-0.39, 0.29) is 15.5 Å². The fourth-order valence-electron chi connectivity index (χ4n) is 1.54. The maximum atomic E-state index is 12.1. The van der Waals surface area contributed by atoms with E-state index >= 15 is 0 Å². The number of aromatic carboxylic acids is 1. The quantitative estimate of drug-likeness (QED) is 0.908. The Kier molecular flexibility index (Phi) is 3.59. The fraction of sp³-hybridized carbons (Fsp3) is 0.0833. The number of anilines is 1.